The molecule has 0 amide bonds. The molecular formula is C15H11Cl2F3. The average Bonchev–Trinajstić information content (AvgIpc) is 2.40. The van der Waals surface area contributed by atoms with Gasteiger partial charge >= 0.3 is 6.18 Å². The van der Waals surface area contributed by atoms with Crippen LogP contribution in [0.2, 0.25) is 5.02 Å². The van der Waals surface area contributed by atoms with Crippen LogP contribution in [0.1, 0.15) is 22.1 Å². The Hall–Kier alpha value is -1.19. The van der Waals surface area contributed by atoms with Gasteiger partial charge in [-0.05, 0) is 35.7 Å². The Morgan fingerprint density at radius 3 is 2.25 bits per heavy atom. The molecule has 0 aliphatic rings. The third-order valence-electron chi connectivity index (χ3n) is 2.90. The van der Waals surface area contributed by atoms with Crippen molar-refractivity contribution in [1.29, 1.82) is 0 Å². The Kier molecular flexibility index (Phi) is 4.61. The molecular weight excluding hydrogens is 308 g/mol. The lowest BCUT2D eigenvalue weighted by Gasteiger charge is -2.13. The van der Waals surface area contributed by atoms with Gasteiger partial charge in [-0.25, -0.2) is 0 Å². The third-order valence-corrected chi connectivity index (χ3v) is 3.56. The summed E-state index contributed by atoms with van der Waals surface area (Å²) in [6, 6.07) is 12.2. The lowest BCUT2D eigenvalue weighted by Crippen LogP contribution is -2.06. The summed E-state index contributed by atoms with van der Waals surface area (Å²) >= 11 is 12.0. The van der Waals surface area contributed by atoms with Gasteiger partial charge in [0, 0.05) is 5.02 Å². The smallest absolute Gasteiger partial charge is 0.166 e. The molecule has 2 aromatic carbocycles. The van der Waals surface area contributed by atoms with Crippen LogP contribution in [0.3, 0.4) is 0 Å². The fourth-order valence-electron chi connectivity index (χ4n) is 1.86. The van der Waals surface area contributed by atoms with E-state index in [4.69, 9.17) is 23.2 Å². The van der Waals surface area contributed by atoms with Crippen molar-refractivity contribution >= 4 is 23.2 Å². The summed E-state index contributed by atoms with van der Waals surface area (Å²) in [4.78, 5) is 0. The number of hydrogen-bond donors (Lipinski definition) is 0. The van der Waals surface area contributed by atoms with Gasteiger partial charge in [-0.15, -0.1) is 11.6 Å². The van der Waals surface area contributed by atoms with Gasteiger partial charge in [0.25, 0.3) is 0 Å². The maximum absolute atomic E-state index is 12.6. The van der Waals surface area contributed by atoms with E-state index in [1.54, 1.807) is 18.2 Å². The molecule has 0 aromatic heterocycles. The van der Waals surface area contributed by atoms with Crippen molar-refractivity contribution in [2.24, 2.45) is 0 Å². The molecule has 106 valence electrons. The van der Waals surface area contributed by atoms with Crippen molar-refractivity contribution in [2.45, 2.75) is 18.0 Å². The van der Waals surface area contributed by atoms with Crippen LogP contribution >= 0.6 is 23.2 Å². The van der Waals surface area contributed by atoms with E-state index in [1.807, 2.05) is 12.1 Å². The molecule has 0 aliphatic heterocycles. The van der Waals surface area contributed by atoms with E-state index in [9.17, 15) is 13.2 Å². The predicted molar refractivity (Wildman–Crippen MR) is 75.2 cm³/mol. The highest BCUT2D eigenvalue weighted by Crippen LogP contribution is 2.33. The molecule has 0 bridgehead atoms. The second-order valence-corrected chi connectivity index (χ2v) is 5.38. The van der Waals surface area contributed by atoms with Crippen LogP contribution < -0.4 is 0 Å². The molecule has 0 aliphatic carbocycles. The highest BCUT2D eigenvalue weighted by molar-refractivity contribution is 6.30. The fourth-order valence-corrected chi connectivity index (χ4v) is 2.30. The number of alkyl halides is 4. The molecule has 1 atom stereocenters. The molecule has 2 aromatic rings. The summed E-state index contributed by atoms with van der Waals surface area (Å²) in [5.74, 6) is 0. The first-order valence-corrected chi connectivity index (χ1v) is 6.73. The van der Waals surface area contributed by atoms with Gasteiger partial charge in [0.1, 0.15) is 0 Å². The Morgan fingerprint density at radius 1 is 1.00 bits per heavy atom. The van der Waals surface area contributed by atoms with E-state index in [0.29, 0.717) is 17.0 Å². The molecule has 0 fully saturated rings. The Morgan fingerprint density at radius 2 is 1.65 bits per heavy atom. The first-order valence-electron chi connectivity index (χ1n) is 5.92. The summed E-state index contributed by atoms with van der Waals surface area (Å²) in [7, 11) is 0. The lowest BCUT2D eigenvalue weighted by molar-refractivity contribution is -0.137. The molecule has 0 saturated carbocycles. The van der Waals surface area contributed by atoms with Crippen molar-refractivity contribution in [3.8, 4) is 0 Å². The van der Waals surface area contributed by atoms with Gasteiger partial charge in [-0.3, -0.25) is 0 Å². The minimum absolute atomic E-state index is 0.444. The number of halogens is 5. The van der Waals surface area contributed by atoms with Gasteiger partial charge in [0.15, 0.2) is 0 Å². The predicted octanol–water partition coefficient (Wildman–Crippen LogP) is 5.88. The molecule has 0 nitrogen and oxygen atoms in total. The Balaban J connectivity index is 2.17. The van der Waals surface area contributed by atoms with Crippen molar-refractivity contribution in [3.63, 3.8) is 0 Å². The zero-order chi connectivity index (χ0) is 14.8. The molecule has 0 heterocycles. The molecule has 0 saturated heterocycles. The van der Waals surface area contributed by atoms with E-state index < -0.39 is 17.1 Å². The number of rotatable bonds is 3. The van der Waals surface area contributed by atoms with Crippen LogP contribution in [0, 0.1) is 0 Å². The van der Waals surface area contributed by atoms with E-state index in [0.717, 1.165) is 17.7 Å². The van der Waals surface area contributed by atoms with Crippen LogP contribution in [-0.2, 0) is 12.6 Å². The molecule has 0 radical (unpaired) electrons. The minimum atomic E-state index is -4.35. The van der Waals surface area contributed by atoms with Crippen LogP contribution in [0.4, 0.5) is 13.2 Å². The largest absolute Gasteiger partial charge is 0.416 e. The van der Waals surface area contributed by atoms with Crippen molar-refractivity contribution in [2.75, 3.05) is 0 Å². The van der Waals surface area contributed by atoms with Crippen molar-refractivity contribution < 1.29 is 13.2 Å². The fraction of sp³-hybridized carbons (Fsp3) is 0.200. The normalized spacial score (nSPS) is 13.2. The standard InChI is InChI=1S/C15H11Cl2F3/c16-13-6-4-10(5-7-13)8-14(17)11-2-1-3-12(9-11)15(18,19)20/h1-7,9,14H,8H2. The van der Waals surface area contributed by atoms with Gasteiger partial charge in [-0.2, -0.15) is 13.2 Å². The molecule has 1 unspecified atom stereocenters. The molecule has 0 N–H and O–H groups in total. The highest BCUT2D eigenvalue weighted by Gasteiger charge is 2.30. The van der Waals surface area contributed by atoms with E-state index in [2.05, 4.69) is 0 Å². The van der Waals surface area contributed by atoms with Crippen LogP contribution in [-0.4, -0.2) is 0 Å². The summed E-state index contributed by atoms with van der Waals surface area (Å²) < 4.78 is 37.9. The zero-order valence-corrected chi connectivity index (χ0v) is 11.8. The van der Waals surface area contributed by atoms with Gasteiger partial charge < -0.3 is 0 Å². The Bertz CT molecular complexity index is 576. The monoisotopic (exact) mass is 318 g/mol. The zero-order valence-electron chi connectivity index (χ0n) is 10.3. The van der Waals surface area contributed by atoms with Crippen molar-refractivity contribution in [1.82, 2.24) is 0 Å². The molecule has 0 spiro atoms. The summed E-state index contributed by atoms with van der Waals surface area (Å²) in [6.45, 7) is 0. The highest BCUT2D eigenvalue weighted by atomic mass is 35.5. The minimum Gasteiger partial charge on any atom is -0.166 e. The molecule has 5 heteroatoms. The first kappa shape index (κ1) is 15.2. The topological polar surface area (TPSA) is 0 Å². The second-order valence-electron chi connectivity index (χ2n) is 4.42. The number of hydrogen-bond acceptors (Lipinski definition) is 0. The van der Waals surface area contributed by atoms with E-state index >= 15 is 0 Å². The SMILES string of the molecule is FC(F)(F)c1cccc(C(Cl)Cc2ccc(Cl)cc2)c1. The van der Waals surface area contributed by atoms with Gasteiger partial charge in [-0.1, -0.05) is 41.9 Å². The van der Waals surface area contributed by atoms with E-state index in [1.165, 1.54) is 6.07 Å². The van der Waals surface area contributed by atoms with Gasteiger partial charge in [0.2, 0.25) is 0 Å². The molecule has 20 heavy (non-hydrogen) atoms. The van der Waals surface area contributed by atoms with Crippen LogP contribution in [0.25, 0.3) is 0 Å². The van der Waals surface area contributed by atoms with Gasteiger partial charge in [0.05, 0.1) is 10.9 Å². The van der Waals surface area contributed by atoms with Crippen molar-refractivity contribution in [3.05, 3.63) is 70.2 Å². The van der Waals surface area contributed by atoms with Crippen LogP contribution in [0.5, 0.6) is 0 Å². The summed E-state index contributed by atoms with van der Waals surface area (Å²) in [5.41, 5.74) is 0.694. The summed E-state index contributed by atoms with van der Waals surface area (Å²) in [5, 5.41) is 0.0948. The second kappa shape index (κ2) is 6.06. The van der Waals surface area contributed by atoms with E-state index in [-0.39, 0.29) is 0 Å². The molecule has 2 rings (SSSR count). The first-order chi connectivity index (χ1) is 9.36. The maximum Gasteiger partial charge on any atom is 0.416 e. The quantitative estimate of drug-likeness (QED) is 0.620. The lowest BCUT2D eigenvalue weighted by atomic mass is 10.0. The summed E-state index contributed by atoms with van der Waals surface area (Å²) in [6.07, 6.45) is -3.91. The maximum atomic E-state index is 12.6. The van der Waals surface area contributed by atoms with Crippen LogP contribution in [0.15, 0.2) is 48.5 Å². The average molecular weight is 319 g/mol. The number of benzene rings is 2. The third kappa shape index (κ3) is 3.90. The Labute approximate surface area is 125 Å².